The highest BCUT2D eigenvalue weighted by Crippen LogP contribution is 2.30. The van der Waals surface area contributed by atoms with Crippen molar-refractivity contribution in [2.45, 2.75) is 19.4 Å². The Bertz CT molecular complexity index is 815. The van der Waals surface area contributed by atoms with E-state index in [4.69, 9.17) is 0 Å². The summed E-state index contributed by atoms with van der Waals surface area (Å²) in [4.78, 5) is 16.5. The first-order valence-corrected chi connectivity index (χ1v) is 6.80. The van der Waals surface area contributed by atoms with Gasteiger partial charge in [-0.1, -0.05) is 0 Å². The Morgan fingerprint density at radius 1 is 1.30 bits per heavy atom. The molecule has 0 unspecified atom stereocenters. The first-order chi connectivity index (χ1) is 9.81. The molecule has 0 radical (unpaired) electrons. The van der Waals surface area contributed by atoms with E-state index in [1.807, 2.05) is 30.6 Å². The van der Waals surface area contributed by atoms with Gasteiger partial charge in [0.25, 0.3) is 5.56 Å². The number of fused-ring (bicyclic) bond motifs is 1. The van der Waals surface area contributed by atoms with E-state index >= 15 is 0 Å². The number of hydrogen-bond acceptors (Lipinski definition) is 3. The Morgan fingerprint density at radius 2 is 2.20 bits per heavy atom. The predicted molar refractivity (Wildman–Crippen MR) is 75.4 cm³/mol. The van der Waals surface area contributed by atoms with Gasteiger partial charge in [0.2, 0.25) is 0 Å². The maximum absolute atomic E-state index is 12.4. The summed E-state index contributed by atoms with van der Waals surface area (Å²) in [5.41, 5.74) is 2.35. The molecular formula is C15H14N4O. The van der Waals surface area contributed by atoms with E-state index in [0.29, 0.717) is 11.4 Å². The maximum atomic E-state index is 12.4. The quantitative estimate of drug-likeness (QED) is 0.728. The molecule has 0 N–H and O–H groups in total. The second-order valence-electron chi connectivity index (χ2n) is 5.30. The zero-order valence-electron chi connectivity index (χ0n) is 10.9. The maximum Gasteiger partial charge on any atom is 0.276 e. The summed E-state index contributed by atoms with van der Waals surface area (Å²) >= 11 is 0. The smallest absolute Gasteiger partial charge is 0.276 e. The standard InChI is InChI=1S/C15H14N4O/c20-15-14-8-13(12-2-1-5-16-9-12)17-19(14)7-6-18(15)10-11-3-4-11/h1-2,5-9,11H,3-4,10H2. The molecule has 0 spiro atoms. The molecule has 3 aromatic rings. The van der Waals surface area contributed by atoms with Gasteiger partial charge in [-0.3, -0.25) is 9.78 Å². The van der Waals surface area contributed by atoms with Gasteiger partial charge in [-0.15, -0.1) is 0 Å². The van der Waals surface area contributed by atoms with Crippen LogP contribution in [0, 0.1) is 5.92 Å². The van der Waals surface area contributed by atoms with Gasteiger partial charge < -0.3 is 4.57 Å². The SMILES string of the molecule is O=c1c2cc(-c3cccnc3)nn2ccn1CC1CC1. The average Bonchev–Trinajstić information content (AvgIpc) is 3.19. The summed E-state index contributed by atoms with van der Waals surface area (Å²) in [6, 6.07) is 5.64. The van der Waals surface area contributed by atoms with E-state index in [9.17, 15) is 4.79 Å². The van der Waals surface area contributed by atoms with Gasteiger partial charge in [0.15, 0.2) is 0 Å². The fourth-order valence-electron chi connectivity index (χ4n) is 2.40. The van der Waals surface area contributed by atoms with Gasteiger partial charge >= 0.3 is 0 Å². The Labute approximate surface area is 115 Å². The molecule has 3 heterocycles. The predicted octanol–water partition coefficient (Wildman–Crippen LogP) is 1.97. The van der Waals surface area contributed by atoms with E-state index < -0.39 is 0 Å². The van der Waals surface area contributed by atoms with E-state index in [1.165, 1.54) is 12.8 Å². The third kappa shape index (κ3) is 1.91. The van der Waals surface area contributed by atoms with Crippen molar-refractivity contribution in [1.82, 2.24) is 19.2 Å². The number of aromatic nitrogens is 4. The van der Waals surface area contributed by atoms with Gasteiger partial charge in [0.05, 0.1) is 5.69 Å². The number of pyridine rings is 1. The van der Waals surface area contributed by atoms with Gasteiger partial charge in [-0.05, 0) is 37.0 Å². The molecular weight excluding hydrogens is 252 g/mol. The second kappa shape index (κ2) is 4.30. The van der Waals surface area contributed by atoms with Crippen molar-refractivity contribution in [3.05, 3.63) is 53.3 Å². The summed E-state index contributed by atoms with van der Waals surface area (Å²) in [6.45, 7) is 0.822. The molecule has 4 rings (SSSR count). The highest BCUT2D eigenvalue weighted by atomic mass is 16.1. The molecule has 1 aliphatic rings. The van der Waals surface area contributed by atoms with Crippen LogP contribution in [0.5, 0.6) is 0 Å². The topological polar surface area (TPSA) is 52.2 Å². The van der Waals surface area contributed by atoms with Gasteiger partial charge in [-0.2, -0.15) is 5.10 Å². The molecule has 1 aliphatic carbocycles. The highest BCUT2D eigenvalue weighted by Gasteiger charge is 2.22. The zero-order valence-corrected chi connectivity index (χ0v) is 10.9. The normalized spacial score (nSPS) is 14.8. The van der Waals surface area contributed by atoms with Crippen LogP contribution in [0.1, 0.15) is 12.8 Å². The molecule has 100 valence electrons. The minimum absolute atomic E-state index is 0.0297. The van der Waals surface area contributed by atoms with Crippen LogP contribution in [0.15, 0.2) is 47.8 Å². The molecule has 3 aromatic heterocycles. The summed E-state index contributed by atoms with van der Waals surface area (Å²) < 4.78 is 3.44. The second-order valence-corrected chi connectivity index (χ2v) is 5.30. The minimum atomic E-state index is 0.0297. The van der Waals surface area contributed by atoms with Crippen LogP contribution in [0.4, 0.5) is 0 Å². The van der Waals surface area contributed by atoms with Crippen LogP contribution in [0.3, 0.4) is 0 Å². The molecule has 5 heteroatoms. The lowest BCUT2D eigenvalue weighted by atomic mass is 10.2. The summed E-state index contributed by atoms with van der Waals surface area (Å²) in [6.07, 6.45) is 9.62. The van der Waals surface area contributed by atoms with E-state index in [1.54, 1.807) is 21.5 Å². The third-order valence-corrected chi connectivity index (χ3v) is 3.71. The average molecular weight is 266 g/mol. The molecule has 0 aromatic carbocycles. The van der Waals surface area contributed by atoms with Crippen LogP contribution in [0.25, 0.3) is 16.8 Å². The summed E-state index contributed by atoms with van der Waals surface area (Å²) in [5, 5.41) is 4.44. The minimum Gasteiger partial charge on any atom is -0.312 e. The molecule has 1 saturated carbocycles. The van der Waals surface area contributed by atoms with E-state index in [0.717, 1.165) is 17.8 Å². The van der Waals surface area contributed by atoms with Crippen LogP contribution in [-0.2, 0) is 6.54 Å². The molecule has 0 bridgehead atoms. The van der Waals surface area contributed by atoms with Crippen molar-refractivity contribution in [2.75, 3.05) is 0 Å². The molecule has 5 nitrogen and oxygen atoms in total. The zero-order chi connectivity index (χ0) is 13.5. The number of nitrogens with zero attached hydrogens (tertiary/aromatic N) is 4. The summed E-state index contributed by atoms with van der Waals surface area (Å²) in [7, 11) is 0. The van der Waals surface area contributed by atoms with E-state index in [-0.39, 0.29) is 5.56 Å². The Kier molecular flexibility index (Phi) is 2.45. The monoisotopic (exact) mass is 266 g/mol. The fraction of sp³-hybridized carbons (Fsp3) is 0.267. The molecule has 0 saturated heterocycles. The first-order valence-electron chi connectivity index (χ1n) is 6.80. The van der Waals surface area contributed by atoms with Gasteiger partial charge in [0.1, 0.15) is 5.52 Å². The number of rotatable bonds is 3. The third-order valence-electron chi connectivity index (χ3n) is 3.71. The molecule has 20 heavy (non-hydrogen) atoms. The first kappa shape index (κ1) is 11.4. The Balaban J connectivity index is 1.83. The van der Waals surface area contributed by atoms with Crippen molar-refractivity contribution in [2.24, 2.45) is 5.92 Å². The molecule has 0 amide bonds. The lowest BCUT2D eigenvalue weighted by molar-refractivity contribution is 0.603. The molecule has 0 atom stereocenters. The van der Waals surface area contributed by atoms with Crippen molar-refractivity contribution < 1.29 is 0 Å². The summed E-state index contributed by atoms with van der Waals surface area (Å²) in [5.74, 6) is 0.677. The molecule has 1 fully saturated rings. The van der Waals surface area contributed by atoms with Crippen LogP contribution in [-0.4, -0.2) is 19.2 Å². The van der Waals surface area contributed by atoms with Crippen LogP contribution >= 0.6 is 0 Å². The van der Waals surface area contributed by atoms with Crippen molar-refractivity contribution in [3.8, 4) is 11.3 Å². The van der Waals surface area contributed by atoms with Crippen molar-refractivity contribution in [1.29, 1.82) is 0 Å². The van der Waals surface area contributed by atoms with Gasteiger partial charge in [-0.25, -0.2) is 4.52 Å². The Hall–Kier alpha value is -2.43. The van der Waals surface area contributed by atoms with Crippen LogP contribution < -0.4 is 5.56 Å². The van der Waals surface area contributed by atoms with Crippen molar-refractivity contribution in [3.63, 3.8) is 0 Å². The molecule has 0 aliphatic heterocycles. The largest absolute Gasteiger partial charge is 0.312 e. The lowest BCUT2D eigenvalue weighted by Crippen LogP contribution is -2.22. The van der Waals surface area contributed by atoms with Gasteiger partial charge in [0, 0.05) is 36.9 Å². The Morgan fingerprint density at radius 3 is 2.95 bits per heavy atom. The van der Waals surface area contributed by atoms with Crippen molar-refractivity contribution >= 4 is 5.52 Å². The fourth-order valence-corrected chi connectivity index (χ4v) is 2.40. The lowest BCUT2D eigenvalue weighted by Gasteiger charge is -2.03. The van der Waals surface area contributed by atoms with Crippen LogP contribution in [0.2, 0.25) is 0 Å². The highest BCUT2D eigenvalue weighted by molar-refractivity contribution is 5.64. The van der Waals surface area contributed by atoms with E-state index in [2.05, 4.69) is 10.1 Å². The number of hydrogen-bond donors (Lipinski definition) is 0.